The number of nitrogens with zero attached hydrogens (tertiary/aromatic N) is 1. The third kappa shape index (κ3) is 6.85. The molecule has 28 heavy (non-hydrogen) atoms. The molecule has 2 aromatic carbocycles. The van der Waals surface area contributed by atoms with E-state index in [0.29, 0.717) is 23.4 Å². The van der Waals surface area contributed by atoms with Gasteiger partial charge in [0, 0.05) is 5.69 Å². The Hall–Kier alpha value is -2.60. The Morgan fingerprint density at radius 1 is 1.14 bits per heavy atom. The van der Waals surface area contributed by atoms with Crippen molar-refractivity contribution in [2.24, 2.45) is 5.10 Å². The Bertz CT molecular complexity index is 789. The largest absolute Gasteiger partial charge is 0.493 e. The molecular formula is C22H29N3O2S. The molecule has 0 amide bonds. The van der Waals surface area contributed by atoms with E-state index in [2.05, 4.69) is 48.7 Å². The molecule has 0 saturated heterocycles. The SMILES string of the molecule is CCCCOc1ccc(/C=N\NC(=S)Nc2ccc(C(C)C)cc2)cc1OC. The summed E-state index contributed by atoms with van der Waals surface area (Å²) in [5.74, 6) is 1.93. The van der Waals surface area contributed by atoms with Gasteiger partial charge >= 0.3 is 0 Å². The van der Waals surface area contributed by atoms with E-state index >= 15 is 0 Å². The molecule has 6 heteroatoms. The zero-order chi connectivity index (χ0) is 20.4. The number of rotatable bonds is 9. The molecule has 150 valence electrons. The summed E-state index contributed by atoms with van der Waals surface area (Å²) in [6.45, 7) is 7.15. The lowest BCUT2D eigenvalue weighted by Crippen LogP contribution is -2.23. The van der Waals surface area contributed by atoms with E-state index in [1.807, 2.05) is 30.3 Å². The van der Waals surface area contributed by atoms with E-state index in [4.69, 9.17) is 21.7 Å². The van der Waals surface area contributed by atoms with Crippen LogP contribution in [0.15, 0.2) is 47.6 Å². The Labute approximate surface area is 173 Å². The number of thiocarbonyl (C=S) groups is 1. The summed E-state index contributed by atoms with van der Waals surface area (Å²) in [5, 5.41) is 7.74. The van der Waals surface area contributed by atoms with Crippen LogP contribution < -0.4 is 20.2 Å². The summed E-state index contributed by atoms with van der Waals surface area (Å²) < 4.78 is 11.1. The fourth-order valence-electron chi connectivity index (χ4n) is 2.49. The van der Waals surface area contributed by atoms with Crippen molar-refractivity contribution >= 4 is 29.2 Å². The second-order valence-corrected chi connectivity index (χ2v) is 7.12. The van der Waals surface area contributed by atoms with Crippen LogP contribution in [0.4, 0.5) is 5.69 Å². The maximum Gasteiger partial charge on any atom is 0.191 e. The number of hydrazone groups is 1. The van der Waals surface area contributed by atoms with E-state index in [-0.39, 0.29) is 0 Å². The van der Waals surface area contributed by atoms with Crippen molar-refractivity contribution in [3.63, 3.8) is 0 Å². The molecule has 0 aliphatic rings. The van der Waals surface area contributed by atoms with Gasteiger partial charge in [0.2, 0.25) is 0 Å². The Morgan fingerprint density at radius 2 is 1.89 bits per heavy atom. The van der Waals surface area contributed by atoms with Crippen LogP contribution in [0.2, 0.25) is 0 Å². The maximum absolute atomic E-state index is 5.74. The van der Waals surface area contributed by atoms with Crippen LogP contribution in [0, 0.1) is 0 Å². The summed E-state index contributed by atoms with van der Waals surface area (Å²) in [4.78, 5) is 0. The Balaban J connectivity index is 1.89. The first-order valence-electron chi connectivity index (χ1n) is 9.54. The van der Waals surface area contributed by atoms with E-state index in [0.717, 1.165) is 29.8 Å². The number of unbranched alkanes of at least 4 members (excludes halogenated alkanes) is 1. The van der Waals surface area contributed by atoms with Gasteiger partial charge < -0.3 is 14.8 Å². The third-order valence-corrected chi connectivity index (χ3v) is 4.35. The Kier molecular flexibility index (Phi) is 8.75. The first kappa shape index (κ1) is 21.7. The average molecular weight is 400 g/mol. The van der Waals surface area contributed by atoms with Crippen LogP contribution in [0.3, 0.4) is 0 Å². The summed E-state index contributed by atoms with van der Waals surface area (Å²) in [7, 11) is 1.63. The molecular weight excluding hydrogens is 370 g/mol. The fourth-order valence-corrected chi connectivity index (χ4v) is 2.66. The molecule has 2 N–H and O–H groups in total. The molecule has 0 aromatic heterocycles. The minimum Gasteiger partial charge on any atom is -0.493 e. The molecule has 0 saturated carbocycles. The van der Waals surface area contributed by atoms with Gasteiger partial charge in [-0.2, -0.15) is 5.10 Å². The molecule has 2 rings (SSSR count). The highest BCUT2D eigenvalue weighted by atomic mass is 32.1. The molecule has 5 nitrogen and oxygen atoms in total. The molecule has 0 atom stereocenters. The molecule has 0 unspecified atom stereocenters. The number of nitrogens with one attached hydrogen (secondary N) is 2. The topological polar surface area (TPSA) is 54.9 Å². The zero-order valence-electron chi connectivity index (χ0n) is 17.0. The lowest BCUT2D eigenvalue weighted by Gasteiger charge is -2.11. The number of ether oxygens (including phenoxy) is 2. The molecule has 0 aliphatic carbocycles. The van der Waals surface area contributed by atoms with Crippen LogP contribution in [-0.4, -0.2) is 25.0 Å². The highest BCUT2D eigenvalue weighted by Crippen LogP contribution is 2.27. The average Bonchev–Trinajstić information content (AvgIpc) is 2.69. The van der Waals surface area contributed by atoms with Gasteiger partial charge in [-0.1, -0.05) is 39.3 Å². The molecule has 0 bridgehead atoms. The summed E-state index contributed by atoms with van der Waals surface area (Å²) in [6.07, 6.45) is 3.80. The summed E-state index contributed by atoms with van der Waals surface area (Å²) in [6, 6.07) is 13.9. The van der Waals surface area contributed by atoms with Crippen molar-refractivity contribution in [3.8, 4) is 11.5 Å². The van der Waals surface area contributed by atoms with Crippen molar-refractivity contribution in [1.82, 2.24) is 5.43 Å². The predicted molar refractivity (Wildman–Crippen MR) is 121 cm³/mol. The lowest BCUT2D eigenvalue weighted by molar-refractivity contribution is 0.288. The minimum atomic E-state index is 0.431. The quantitative estimate of drug-likeness (QED) is 0.259. The smallest absolute Gasteiger partial charge is 0.191 e. The van der Waals surface area contributed by atoms with Crippen LogP contribution in [0.1, 0.15) is 50.7 Å². The van der Waals surface area contributed by atoms with Crippen LogP contribution in [0.5, 0.6) is 11.5 Å². The monoisotopic (exact) mass is 399 g/mol. The van der Waals surface area contributed by atoms with Gasteiger partial charge in [-0.25, -0.2) is 0 Å². The summed E-state index contributed by atoms with van der Waals surface area (Å²) in [5.41, 5.74) is 5.93. The van der Waals surface area contributed by atoms with E-state index in [1.54, 1.807) is 13.3 Å². The normalized spacial score (nSPS) is 10.9. The lowest BCUT2D eigenvalue weighted by atomic mass is 10.0. The van der Waals surface area contributed by atoms with Crippen LogP contribution in [-0.2, 0) is 0 Å². The molecule has 0 aliphatic heterocycles. The first-order chi connectivity index (χ1) is 13.5. The molecule has 0 heterocycles. The molecule has 0 fully saturated rings. The predicted octanol–water partition coefficient (Wildman–Crippen LogP) is 5.32. The van der Waals surface area contributed by atoms with Gasteiger partial charge in [-0.3, -0.25) is 5.43 Å². The number of methoxy groups -OCH3 is 1. The number of benzene rings is 2. The van der Waals surface area contributed by atoms with E-state index in [1.165, 1.54) is 5.56 Å². The van der Waals surface area contributed by atoms with Gasteiger partial charge in [-0.15, -0.1) is 0 Å². The van der Waals surface area contributed by atoms with Gasteiger partial charge in [0.05, 0.1) is 19.9 Å². The van der Waals surface area contributed by atoms with Crippen LogP contribution >= 0.6 is 12.2 Å². The van der Waals surface area contributed by atoms with Crippen molar-refractivity contribution in [2.75, 3.05) is 19.0 Å². The molecule has 0 spiro atoms. The second-order valence-electron chi connectivity index (χ2n) is 6.71. The number of hydrogen-bond donors (Lipinski definition) is 2. The maximum atomic E-state index is 5.74. The van der Waals surface area contributed by atoms with Gasteiger partial charge in [0.25, 0.3) is 0 Å². The molecule has 2 aromatic rings. The summed E-state index contributed by atoms with van der Waals surface area (Å²) >= 11 is 5.28. The van der Waals surface area contributed by atoms with Crippen molar-refractivity contribution in [2.45, 2.75) is 39.5 Å². The highest BCUT2D eigenvalue weighted by molar-refractivity contribution is 7.80. The van der Waals surface area contributed by atoms with Crippen molar-refractivity contribution in [1.29, 1.82) is 0 Å². The second kappa shape index (κ2) is 11.3. The highest BCUT2D eigenvalue weighted by Gasteiger charge is 2.05. The molecule has 0 radical (unpaired) electrons. The number of anilines is 1. The standard InChI is InChI=1S/C22H29N3O2S/c1-5-6-13-27-20-12-7-17(14-21(20)26-4)15-23-25-22(28)24-19-10-8-18(9-11-19)16(2)3/h7-12,14-16H,5-6,13H2,1-4H3,(H2,24,25,28)/b23-15-. The third-order valence-electron chi connectivity index (χ3n) is 4.16. The van der Waals surface area contributed by atoms with Crippen molar-refractivity contribution < 1.29 is 9.47 Å². The minimum absolute atomic E-state index is 0.431. The van der Waals surface area contributed by atoms with Crippen molar-refractivity contribution in [3.05, 3.63) is 53.6 Å². The van der Waals surface area contributed by atoms with Gasteiger partial charge in [0.15, 0.2) is 16.6 Å². The Morgan fingerprint density at radius 3 is 2.54 bits per heavy atom. The van der Waals surface area contributed by atoms with E-state index < -0.39 is 0 Å². The van der Waals surface area contributed by atoms with Gasteiger partial charge in [0.1, 0.15) is 0 Å². The fraction of sp³-hybridized carbons (Fsp3) is 0.364. The van der Waals surface area contributed by atoms with E-state index in [9.17, 15) is 0 Å². The van der Waals surface area contributed by atoms with Crippen LogP contribution in [0.25, 0.3) is 0 Å². The number of hydrogen-bond acceptors (Lipinski definition) is 4. The first-order valence-corrected chi connectivity index (χ1v) is 9.95. The zero-order valence-corrected chi connectivity index (χ0v) is 17.8. The van der Waals surface area contributed by atoms with Gasteiger partial charge in [-0.05, 0) is 66.0 Å².